The third kappa shape index (κ3) is 4.16. The highest BCUT2D eigenvalue weighted by atomic mass is 32.2. The summed E-state index contributed by atoms with van der Waals surface area (Å²) in [5.74, 6) is -2.12. The summed E-state index contributed by atoms with van der Waals surface area (Å²) in [4.78, 5) is 23.0. The number of hydrogen-bond acceptors (Lipinski definition) is 6. The Morgan fingerprint density at radius 2 is 1.62 bits per heavy atom. The van der Waals surface area contributed by atoms with Crippen molar-refractivity contribution in [3.63, 3.8) is 0 Å². The van der Waals surface area contributed by atoms with Gasteiger partial charge >= 0.3 is 11.9 Å². The molecule has 1 N–H and O–H groups in total. The Labute approximate surface area is 123 Å². The van der Waals surface area contributed by atoms with Crippen molar-refractivity contribution in [1.82, 2.24) is 0 Å². The standard InChI is InChI=1S/C13H20O7S/c1-7(2)13(15)20-11-5-8-3-9(11)4-10(8)19-12(14)6-21(16,17)18/h7-11H,3-6H2,1-2H3,(H,16,17,18). The monoisotopic (exact) mass is 320 g/mol. The van der Waals surface area contributed by atoms with E-state index in [1.54, 1.807) is 13.8 Å². The van der Waals surface area contributed by atoms with Gasteiger partial charge in [-0.3, -0.25) is 14.1 Å². The average Bonchev–Trinajstić information content (AvgIpc) is 2.85. The Bertz CT molecular complexity index is 525. The van der Waals surface area contributed by atoms with Crippen LogP contribution in [0.5, 0.6) is 0 Å². The second kappa shape index (κ2) is 5.92. The Morgan fingerprint density at radius 1 is 1.10 bits per heavy atom. The lowest BCUT2D eigenvalue weighted by molar-refractivity contribution is -0.160. The third-order valence-corrected chi connectivity index (χ3v) is 4.65. The first-order chi connectivity index (χ1) is 9.65. The molecule has 0 saturated heterocycles. The van der Waals surface area contributed by atoms with Crippen molar-refractivity contribution in [3.05, 3.63) is 0 Å². The first-order valence-corrected chi connectivity index (χ1v) is 8.61. The largest absolute Gasteiger partial charge is 0.462 e. The number of fused-ring (bicyclic) bond motifs is 2. The molecule has 4 atom stereocenters. The minimum atomic E-state index is -4.36. The van der Waals surface area contributed by atoms with Crippen LogP contribution in [0.2, 0.25) is 0 Å². The van der Waals surface area contributed by atoms with Crippen molar-refractivity contribution in [2.45, 2.75) is 45.3 Å². The zero-order chi connectivity index (χ0) is 15.8. The molecule has 4 unspecified atom stereocenters. The number of hydrogen-bond donors (Lipinski definition) is 1. The molecule has 0 aromatic heterocycles. The van der Waals surface area contributed by atoms with Gasteiger partial charge in [-0.15, -0.1) is 0 Å². The van der Waals surface area contributed by atoms with Gasteiger partial charge in [-0.2, -0.15) is 8.42 Å². The molecule has 2 aliphatic carbocycles. The molecule has 0 heterocycles. The molecule has 120 valence electrons. The van der Waals surface area contributed by atoms with Gasteiger partial charge in [-0.05, 0) is 31.1 Å². The molecular weight excluding hydrogens is 300 g/mol. The Balaban J connectivity index is 1.83. The number of carbonyl (C=O) groups excluding carboxylic acids is 2. The van der Waals surface area contributed by atoms with Gasteiger partial charge in [-0.1, -0.05) is 13.8 Å². The number of ether oxygens (including phenoxy) is 2. The van der Waals surface area contributed by atoms with Gasteiger partial charge in [0.05, 0.1) is 5.92 Å². The van der Waals surface area contributed by atoms with E-state index in [-0.39, 0.29) is 35.9 Å². The van der Waals surface area contributed by atoms with Crippen molar-refractivity contribution in [3.8, 4) is 0 Å². The highest BCUT2D eigenvalue weighted by molar-refractivity contribution is 7.86. The molecule has 2 rings (SSSR count). The van der Waals surface area contributed by atoms with Crippen LogP contribution in [-0.2, 0) is 29.2 Å². The van der Waals surface area contributed by atoms with E-state index in [4.69, 9.17) is 14.0 Å². The van der Waals surface area contributed by atoms with Crippen LogP contribution in [-0.4, -0.2) is 42.9 Å². The fourth-order valence-corrected chi connectivity index (χ4v) is 3.46. The van der Waals surface area contributed by atoms with E-state index in [0.717, 1.165) is 6.42 Å². The lowest BCUT2D eigenvalue weighted by atomic mass is 9.95. The molecule has 0 radical (unpaired) electrons. The summed E-state index contributed by atoms with van der Waals surface area (Å²) >= 11 is 0. The number of rotatable bonds is 5. The molecule has 2 aliphatic rings. The molecule has 0 spiro atoms. The predicted molar refractivity (Wildman–Crippen MR) is 71.8 cm³/mol. The summed E-state index contributed by atoms with van der Waals surface area (Å²) in [6.45, 7) is 3.55. The Kier molecular flexibility index (Phi) is 4.57. The summed E-state index contributed by atoms with van der Waals surface area (Å²) in [6, 6.07) is 0. The second-order valence-corrected chi connectivity index (χ2v) is 7.56. The summed E-state index contributed by atoms with van der Waals surface area (Å²) in [5, 5.41) is 0. The van der Waals surface area contributed by atoms with Crippen LogP contribution >= 0.6 is 0 Å². The van der Waals surface area contributed by atoms with Gasteiger partial charge in [0.15, 0.2) is 5.75 Å². The average molecular weight is 320 g/mol. The highest BCUT2D eigenvalue weighted by Crippen LogP contribution is 2.47. The van der Waals surface area contributed by atoms with E-state index < -0.39 is 21.8 Å². The quantitative estimate of drug-likeness (QED) is 0.589. The molecule has 0 aromatic carbocycles. The molecule has 0 aromatic rings. The van der Waals surface area contributed by atoms with Crippen molar-refractivity contribution in [1.29, 1.82) is 0 Å². The molecule has 0 amide bonds. The normalized spacial score (nSPS) is 31.4. The van der Waals surface area contributed by atoms with Gasteiger partial charge in [0.1, 0.15) is 12.2 Å². The van der Waals surface area contributed by atoms with Crippen molar-refractivity contribution in [2.24, 2.45) is 17.8 Å². The van der Waals surface area contributed by atoms with Gasteiger partial charge in [0.2, 0.25) is 0 Å². The first kappa shape index (κ1) is 16.2. The van der Waals surface area contributed by atoms with Gasteiger partial charge in [-0.25, -0.2) is 0 Å². The zero-order valence-corrected chi connectivity index (χ0v) is 12.8. The summed E-state index contributed by atoms with van der Waals surface area (Å²) in [6.07, 6.45) is 1.52. The third-order valence-electron chi connectivity index (χ3n) is 4.05. The molecule has 2 bridgehead atoms. The van der Waals surface area contributed by atoms with Gasteiger partial charge < -0.3 is 9.47 Å². The van der Waals surface area contributed by atoms with Crippen molar-refractivity contribution in [2.75, 3.05) is 5.75 Å². The number of carbonyl (C=O) groups is 2. The summed E-state index contributed by atoms with van der Waals surface area (Å²) < 4.78 is 40.3. The minimum absolute atomic E-state index is 0.0882. The van der Waals surface area contributed by atoms with Crippen molar-refractivity contribution >= 4 is 22.1 Å². The molecule has 7 nitrogen and oxygen atoms in total. The Hall–Kier alpha value is -1.15. The molecule has 2 saturated carbocycles. The molecule has 0 aliphatic heterocycles. The van der Waals surface area contributed by atoms with Crippen LogP contribution in [0.1, 0.15) is 33.1 Å². The van der Waals surface area contributed by atoms with E-state index in [1.807, 2.05) is 0 Å². The van der Waals surface area contributed by atoms with Crippen LogP contribution in [0, 0.1) is 17.8 Å². The zero-order valence-electron chi connectivity index (χ0n) is 12.0. The maximum atomic E-state index is 11.6. The first-order valence-electron chi connectivity index (χ1n) is 7.01. The van der Waals surface area contributed by atoms with Crippen molar-refractivity contribution < 1.29 is 32.0 Å². The second-order valence-electron chi connectivity index (χ2n) is 6.11. The summed E-state index contributed by atoms with van der Waals surface area (Å²) in [7, 11) is -4.36. The van der Waals surface area contributed by atoms with E-state index in [9.17, 15) is 18.0 Å². The van der Waals surface area contributed by atoms with E-state index in [0.29, 0.717) is 12.8 Å². The topological polar surface area (TPSA) is 107 Å². The lowest BCUT2D eigenvalue weighted by Crippen LogP contribution is -2.34. The van der Waals surface area contributed by atoms with Crippen LogP contribution in [0.15, 0.2) is 0 Å². The molecule has 21 heavy (non-hydrogen) atoms. The van der Waals surface area contributed by atoms with Gasteiger partial charge in [0.25, 0.3) is 10.1 Å². The maximum absolute atomic E-state index is 11.6. The fraction of sp³-hybridized carbons (Fsp3) is 0.846. The maximum Gasteiger partial charge on any atom is 0.323 e. The van der Waals surface area contributed by atoms with Crippen LogP contribution in [0.3, 0.4) is 0 Å². The van der Waals surface area contributed by atoms with E-state index in [1.165, 1.54) is 0 Å². The van der Waals surface area contributed by atoms with Crippen LogP contribution < -0.4 is 0 Å². The van der Waals surface area contributed by atoms with Crippen LogP contribution in [0.4, 0.5) is 0 Å². The lowest BCUT2D eigenvalue weighted by Gasteiger charge is -2.28. The Morgan fingerprint density at radius 3 is 2.05 bits per heavy atom. The van der Waals surface area contributed by atoms with Crippen LogP contribution in [0.25, 0.3) is 0 Å². The van der Waals surface area contributed by atoms with E-state index in [2.05, 4.69) is 0 Å². The molecule has 2 fully saturated rings. The fourth-order valence-electron chi connectivity index (χ4n) is 3.10. The molecule has 8 heteroatoms. The minimum Gasteiger partial charge on any atom is -0.462 e. The summed E-state index contributed by atoms with van der Waals surface area (Å²) in [5.41, 5.74) is 0. The SMILES string of the molecule is CC(C)C(=O)OC1CC2CC1CC2OC(=O)CS(=O)(=O)O. The predicted octanol–water partition coefficient (Wildman–Crippen LogP) is 0.784. The number of esters is 2. The highest BCUT2D eigenvalue weighted by Gasteiger charge is 2.49. The van der Waals surface area contributed by atoms with E-state index >= 15 is 0 Å². The molecular formula is C13H20O7S. The van der Waals surface area contributed by atoms with Gasteiger partial charge in [0, 0.05) is 0 Å². The smallest absolute Gasteiger partial charge is 0.323 e.